The zero-order chi connectivity index (χ0) is 18.5. The van der Waals surface area contributed by atoms with Gasteiger partial charge in [-0.15, -0.1) is 0 Å². The van der Waals surface area contributed by atoms with Crippen molar-refractivity contribution in [3.05, 3.63) is 69.2 Å². The Morgan fingerprint density at radius 1 is 1.12 bits per heavy atom. The molecule has 1 saturated heterocycles. The Kier molecular flexibility index (Phi) is 5.73. The number of non-ortho nitro benzene ring substituents is 1. The van der Waals surface area contributed by atoms with Crippen LogP contribution in [0.3, 0.4) is 0 Å². The van der Waals surface area contributed by atoms with E-state index >= 15 is 0 Å². The summed E-state index contributed by atoms with van der Waals surface area (Å²) in [6, 6.07) is 13.2. The van der Waals surface area contributed by atoms with E-state index in [-0.39, 0.29) is 22.4 Å². The van der Waals surface area contributed by atoms with Gasteiger partial charge in [0.1, 0.15) is 5.75 Å². The normalized spacial score (nSPS) is 15.3. The molecule has 2 aromatic carbocycles. The van der Waals surface area contributed by atoms with Crippen molar-refractivity contribution in [2.24, 2.45) is 0 Å². The summed E-state index contributed by atoms with van der Waals surface area (Å²) in [4.78, 5) is 25.2. The van der Waals surface area contributed by atoms with Gasteiger partial charge in [-0.1, -0.05) is 41.9 Å². The molecule has 7 heteroatoms. The van der Waals surface area contributed by atoms with Gasteiger partial charge in [0, 0.05) is 30.8 Å². The molecule has 0 spiro atoms. The van der Waals surface area contributed by atoms with Crippen molar-refractivity contribution in [3.8, 4) is 5.75 Å². The van der Waals surface area contributed by atoms with Crippen LogP contribution in [0.1, 0.15) is 30.9 Å². The molecule has 1 aliphatic heterocycles. The first kappa shape index (κ1) is 18.2. The van der Waals surface area contributed by atoms with Crippen molar-refractivity contribution >= 4 is 23.2 Å². The molecule has 3 rings (SSSR count). The number of piperidine rings is 1. The molecule has 26 heavy (non-hydrogen) atoms. The molecule has 0 saturated carbocycles. The van der Waals surface area contributed by atoms with Gasteiger partial charge in [0.2, 0.25) is 6.10 Å². The molecule has 0 aliphatic carbocycles. The summed E-state index contributed by atoms with van der Waals surface area (Å²) in [5, 5.41) is 11.0. The number of likely N-dealkylation sites (tertiary alicyclic amines) is 1. The minimum atomic E-state index is -0.840. The maximum Gasteiger partial charge on any atom is 0.271 e. The van der Waals surface area contributed by atoms with Gasteiger partial charge in [0.25, 0.3) is 11.6 Å². The summed E-state index contributed by atoms with van der Waals surface area (Å²) in [6.07, 6.45) is 2.24. The van der Waals surface area contributed by atoms with Gasteiger partial charge in [0.15, 0.2) is 0 Å². The Hall–Kier alpha value is -2.60. The molecule has 1 atom stereocenters. The van der Waals surface area contributed by atoms with Crippen molar-refractivity contribution in [3.63, 3.8) is 0 Å². The average Bonchev–Trinajstić information content (AvgIpc) is 2.67. The van der Waals surface area contributed by atoms with Gasteiger partial charge in [-0.25, -0.2) is 0 Å². The van der Waals surface area contributed by atoms with Crippen LogP contribution in [0.25, 0.3) is 0 Å². The van der Waals surface area contributed by atoms with Crippen LogP contribution in [0.15, 0.2) is 48.5 Å². The quantitative estimate of drug-likeness (QED) is 0.575. The molecular weight excluding hydrogens is 356 g/mol. The second-order valence-corrected chi connectivity index (χ2v) is 6.57. The monoisotopic (exact) mass is 374 g/mol. The predicted octanol–water partition coefficient (Wildman–Crippen LogP) is 4.38. The summed E-state index contributed by atoms with van der Waals surface area (Å²) in [6.45, 7) is 1.42. The Bertz CT molecular complexity index is 791. The fourth-order valence-electron chi connectivity index (χ4n) is 2.99. The lowest BCUT2D eigenvalue weighted by molar-refractivity contribution is -0.384. The van der Waals surface area contributed by atoms with E-state index < -0.39 is 11.0 Å². The minimum absolute atomic E-state index is 0.103. The third-order valence-electron chi connectivity index (χ3n) is 4.37. The van der Waals surface area contributed by atoms with Crippen molar-refractivity contribution in [2.75, 3.05) is 13.1 Å². The molecule has 1 aliphatic rings. The third-order valence-corrected chi connectivity index (χ3v) is 4.66. The second-order valence-electron chi connectivity index (χ2n) is 6.17. The van der Waals surface area contributed by atoms with Gasteiger partial charge in [-0.2, -0.15) is 0 Å². The van der Waals surface area contributed by atoms with E-state index in [1.54, 1.807) is 4.90 Å². The molecule has 0 bridgehead atoms. The smallest absolute Gasteiger partial charge is 0.271 e. The number of nitrogens with zero attached hydrogens (tertiary/aromatic N) is 2. The summed E-state index contributed by atoms with van der Waals surface area (Å²) < 4.78 is 5.94. The van der Waals surface area contributed by atoms with E-state index in [4.69, 9.17) is 16.3 Å². The molecule has 1 amide bonds. The molecule has 0 unspecified atom stereocenters. The topological polar surface area (TPSA) is 72.7 Å². The lowest BCUT2D eigenvalue weighted by atomic mass is 10.1. The summed E-state index contributed by atoms with van der Waals surface area (Å²) in [5.41, 5.74) is 0.596. The molecule has 0 radical (unpaired) electrons. The zero-order valence-corrected chi connectivity index (χ0v) is 14.9. The predicted molar refractivity (Wildman–Crippen MR) is 98.3 cm³/mol. The van der Waals surface area contributed by atoms with Crippen LogP contribution in [0.5, 0.6) is 5.75 Å². The molecule has 2 aromatic rings. The maximum absolute atomic E-state index is 13.0. The number of nitro groups is 1. The number of amides is 1. The highest BCUT2D eigenvalue weighted by molar-refractivity contribution is 6.32. The van der Waals surface area contributed by atoms with E-state index in [0.29, 0.717) is 13.1 Å². The van der Waals surface area contributed by atoms with Crippen LogP contribution in [0.4, 0.5) is 5.69 Å². The van der Waals surface area contributed by atoms with Crippen molar-refractivity contribution < 1.29 is 14.5 Å². The second kappa shape index (κ2) is 8.19. The van der Waals surface area contributed by atoms with Crippen molar-refractivity contribution in [2.45, 2.75) is 25.4 Å². The minimum Gasteiger partial charge on any atom is -0.474 e. The molecular formula is C19H19ClN2O4. The number of hydrogen-bond acceptors (Lipinski definition) is 4. The largest absolute Gasteiger partial charge is 0.474 e. The van der Waals surface area contributed by atoms with E-state index in [0.717, 1.165) is 24.8 Å². The van der Waals surface area contributed by atoms with E-state index in [1.807, 2.05) is 30.3 Å². The highest BCUT2D eigenvalue weighted by Gasteiger charge is 2.29. The number of nitro benzene ring substituents is 1. The Morgan fingerprint density at radius 3 is 2.42 bits per heavy atom. The number of hydrogen-bond donors (Lipinski definition) is 0. The molecule has 0 N–H and O–H groups in total. The summed E-state index contributed by atoms with van der Waals surface area (Å²) in [5.74, 6) is 0.127. The first-order chi connectivity index (χ1) is 12.6. The molecule has 6 nitrogen and oxygen atoms in total. The number of ether oxygens (including phenoxy) is 1. The van der Waals surface area contributed by atoms with E-state index in [9.17, 15) is 14.9 Å². The average molecular weight is 375 g/mol. The van der Waals surface area contributed by atoms with Crippen LogP contribution >= 0.6 is 11.6 Å². The van der Waals surface area contributed by atoms with E-state index in [2.05, 4.69) is 0 Å². The van der Waals surface area contributed by atoms with Gasteiger partial charge in [-0.05, 0) is 25.3 Å². The highest BCUT2D eigenvalue weighted by atomic mass is 35.5. The van der Waals surface area contributed by atoms with Crippen molar-refractivity contribution in [1.82, 2.24) is 4.90 Å². The Balaban J connectivity index is 1.89. The molecule has 1 heterocycles. The SMILES string of the molecule is O=C([C@H](Oc1ccc([N+](=O)[O-])cc1Cl)c1ccccc1)N1CCCCC1. The first-order valence-electron chi connectivity index (χ1n) is 8.50. The summed E-state index contributed by atoms with van der Waals surface area (Å²) >= 11 is 6.14. The number of carbonyl (C=O) groups is 1. The summed E-state index contributed by atoms with van der Waals surface area (Å²) in [7, 11) is 0. The third kappa shape index (κ3) is 4.14. The lowest BCUT2D eigenvalue weighted by Crippen LogP contribution is -2.40. The first-order valence-corrected chi connectivity index (χ1v) is 8.88. The maximum atomic E-state index is 13.0. The van der Waals surface area contributed by atoms with Gasteiger partial charge < -0.3 is 9.64 Å². The van der Waals surface area contributed by atoms with Crippen LogP contribution in [0.2, 0.25) is 5.02 Å². The van der Waals surface area contributed by atoms with Gasteiger partial charge in [-0.3, -0.25) is 14.9 Å². The van der Waals surface area contributed by atoms with Crippen LogP contribution in [-0.2, 0) is 4.79 Å². The Labute approximate surface area is 156 Å². The molecule has 136 valence electrons. The van der Waals surface area contributed by atoms with Crippen molar-refractivity contribution in [1.29, 1.82) is 0 Å². The number of halogens is 1. The van der Waals surface area contributed by atoms with Crippen LogP contribution < -0.4 is 4.74 Å². The Morgan fingerprint density at radius 2 is 1.81 bits per heavy atom. The van der Waals surface area contributed by atoms with Crippen LogP contribution in [-0.4, -0.2) is 28.8 Å². The fraction of sp³-hybridized carbons (Fsp3) is 0.316. The van der Waals surface area contributed by atoms with Gasteiger partial charge in [0.05, 0.1) is 9.95 Å². The fourth-order valence-corrected chi connectivity index (χ4v) is 3.21. The van der Waals surface area contributed by atoms with Gasteiger partial charge >= 0.3 is 0 Å². The molecule has 0 aromatic heterocycles. The highest BCUT2D eigenvalue weighted by Crippen LogP contribution is 2.33. The number of benzene rings is 2. The molecule has 1 fully saturated rings. The number of rotatable bonds is 5. The number of carbonyl (C=O) groups excluding carboxylic acids is 1. The van der Waals surface area contributed by atoms with Crippen LogP contribution in [0, 0.1) is 10.1 Å². The van der Waals surface area contributed by atoms with E-state index in [1.165, 1.54) is 18.2 Å². The zero-order valence-electron chi connectivity index (χ0n) is 14.1. The lowest BCUT2D eigenvalue weighted by Gasteiger charge is -2.30. The standard InChI is InChI=1S/C19H19ClN2O4/c20-16-13-15(22(24)25)9-10-17(16)26-18(14-7-3-1-4-8-14)19(23)21-11-5-2-6-12-21/h1,3-4,7-10,13,18H,2,5-6,11-12H2/t18-/m1/s1.